The van der Waals surface area contributed by atoms with E-state index in [1.54, 1.807) is 48.5 Å². The van der Waals surface area contributed by atoms with Crippen molar-refractivity contribution in [3.63, 3.8) is 0 Å². The molecule has 0 saturated heterocycles. The van der Waals surface area contributed by atoms with E-state index in [-0.39, 0.29) is 4.90 Å². The standard InChI is InChI=1S/C24H26N2O5S/c1-17-12-18(2)14-19(13-17)26(32(28,29)21-8-6-5-7-9-21)16-24(27)25-22-15-20(30-3)10-11-23(22)31-4/h5-15H,16H2,1-4H3,(H,25,27). The average Bonchev–Trinajstić information content (AvgIpc) is 2.77. The Kier molecular flexibility index (Phi) is 7.05. The summed E-state index contributed by atoms with van der Waals surface area (Å²) in [5.41, 5.74) is 2.58. The smallest absolute Gasteiger partial charge is 0.264 e. The molecule has 3 aromatic carbocycles. The van der Waals surface area contributed by atoms with Crippen LogP contribution in [0, 0.1) is 13.8 Å². The summed E-state index contributed by atoms with van der Waals surface area (Å²) >= 11 is 0. The molecule has 0 aromatic heterocycles. The van der Waals surface area contributed by atoms with Crippen molar-refractivity contribution in [1.29, 1.82) is 0 Å². The molecule has 0 aliphatic carbocycles. The van der Waals surface area contributed by atoms with Crippen LogP contribution < -0.4 is 19.1 Å². The van der Waals surface area contributed by atoms with Crippen molar-refractivity contribution in [1.82, 2.24) is 0 Å². The van der Waals surface area contributed by atoms with Gasteiger partial charge in [-0.3, -0.25) is 9.10 Å². The molecule has 168 valence electrons. The molecule has 1 N–H and O–H groups in total. The summed E-state index contributed by atoms with van der Waals surface area (Å²) < 4.78 is 38.6. The van der Waals surface area contributed by atoms with Crippen molar-refractivity contribution in [3.8, 4) is 11.5 Å². The number of methoxy groups -OCH3 is 2. The maximum Gasteiger partial charge on any atom is 0.264 e. The predicted octanol–water partition coefficient (Wildman–Crippen LogP) is 4.15. The van der Waals surface area contributed by atoms with Crippen LogP contribution in [0.15, 0.2) is 71.6 Å². The highest BCUT2D eigenvalue weighted by Crippen LogP contribution is 2.30. The first-order chi connectivity index (χ1) is 15.2. The second-order valence-electron chi connectivity index (χ2n) is 7.29. The zero-order valence-corrected chi connectivity index (χ0v) is 19.3. The minimum atomic E-state index is -3.99. The molecule has 0 heterocycles. The Morgan fingerprint density at radius 2 is 1.56 bits per heavy atom. The molecule has 0 aliphatic rings. The van der Waals surface area contributed by atoms with E-state index in [1.807, 2.05) is 19.9 Å². The van der Waals surface area contributed by atoms with E-state index in [0.29, 0.717) is 22.9 Å². The number of sulfonamides is 1. The number of ether oxygens (including phenoxy) is 2. The normalized spacial score (nSPS) is 11.0. The van der Waals surface area contributed by atoms with Crippen LogP contribution in [0.1, 0.15) is 11.1 Å². The van der Waals surface area contributed by atoms with Crippen molar-refractivity contribution < 1.29 is 22.7 Å². The van der Waals surface area contributed by atoms with Crippen LogP contribution in [0.4, 0.5) is 11.4 Å². The number of rotatable bonds is 8. The third-order valence-electron chi connectivity index (χ3n) is 4.79. The topological polar surface area (TPSA) is 84.9 Å². The summed E-state index contributed by atoms with van der Waals surface area (Å²) in [6.45, 7) is 3.34. The summed E-state index contributed by atoms with van der Waals surface area (Å²) in [7, 11) is -0.986. The highest BCUT2D eigenvalue weighted by molar-refractivity contribution is 7.92. The number of hydrogen-bond donors (Lipinski definition) is 1. The first kappa shape index (κ1) is 23.1. The molecular weight excluding hydrogens is 428 g/mol. The Bertz CT molecular complexity index is 1190. The van der Waals surface area contributed by atoms with E-state index >= 15 is 0 Å². The largest absolute Gasteiger partial charge is 0.497 e. The van der Waals surface area contributed by atoms with Gasteiger partial charge in [-0.25, -0.2) is 8.42 Å². The zero-order chi connectivity index (χ0) is 23.3. The molecule has 1 amide bonds. The summed E-state index contributed by atoms with van der Waals surface area (Å²) in [5, 5.41) is 2.74. The maximum atomic E-state index is 13.5. The van der Waals surface area contributed by atoms with Crippen molar-refractivity contribution in [3.05, 3.63) is 77.9 Å². The van der Waals surface area contributed by atoms with Gasteiger partial charge >= 0.3 is 0 Å². The molecule has 0 saturated carbocycles. The fourth-order valence-electron chi connectivity index (χ4n) is 3.36. The van der Waals surface area contributed by atoms with Gasteiger partial charge in [-0.1, -0.05) is 24.3 Å². The summed E-state index contributed by atoms with van der Waals surface area (Å²) in [6.07, 6.45) is 0. The van der Waals surface area contributed by atoms with Crippen LogP contribution in [-0.2, 0) is 14.8 Å². The van der Waals surface area contributed by atoms with Gasteiger partial charge in [-0.2, -0.15) is 0 Å². The molecule has 0 atom stereocenters. The Balaban J connectivity index is 1.99. The lowest BCUT2D eigenvalue weighted by Crippen LogP contribution is -2.38. The Labute approximate surface area is 188 Å². The van der Waals surface area contributed by atoms with Gasteiger partial charge in [0.1, 0.15) is 18.0 Å². The lowest BCUT2D eigenvalue weighted by molar-refractivity contribution is -0.114. The van der Waals surface area contributed by atoms with Crippen molar-refractivity contribution in [2.75, 3.05) is 30.4 Å². The van der Waals surface area contributed by atoms with Gasteiger partial charge < -0.3 is 14.8 Å². The van der Waals surface area contributed by atoms with Crippen molar-refractivity contribution >= 4 is 27.3 Å². The van der Waals surface area contributed by atoms with E-state index in [9.17, 15) is 13.2 Å². The van der Waals surface area contributed by atoms with E-state index in [2.05, 4.69) is 5.32 Å². The number of anilines is 2. The van der Waals surface area contributed by atoms with Crippen LogP contribution in [0.5, 0.6) is 11.5 Å². The molecule has 8 heteroatoms. The SMILES string of the molecule is COc1ccc(OC)c(NC(=O)CN(c2cc(C)cc(C)c2)S(=O)(=O)c2ccccc2)c1. The molecule has 0 spiro atoms. The average molecular weight is 455 g/mol. The quantitative estimate of drug-likeness (QED) is 0.553. The van der Waals surface area contributed by atoms with Crippen LogP contribution >= 0.6 is 0 Å². The lowest BCUT2D eigenvalue weighted by atomic mass is 10.1. The summed E-state index contributed by atoms with van der Waals surface area (Å²) in [4.78, 5) is 13.1. The van der Waals surface area contributed by atoms with Crippen LogP contribution in [0.25, 0.3) is 0 Å². The number of amides is 1. The third kappa shape index (κ3) is 5.20. The van der Waals surface area contributed by atoms with Gasteiger partial charge in [0.15, 0.2) is 0 Å². The summed E-state index contributed by atoms with van der Waals surface area (Å²) in [6, 6.07) is 18.5. The predicted molar refractivity (Wildman–Crippen MR) is 125 cm³/mol. The molecule has 7 nitrogen and oxygen atoms in total. The number of nitrogens with zero attached hydrogens (tertiary/aromatic N) is 1. The van der Waals surface area contributed by atoms with Gasteiger partial charge in [0.05, 0.1) is 30.5 Å². The fraction of sp³-hybridized carbons (Fsp3) is 0.208. The van der Waals surface area contributed by atoms with Crippen LogP contribution in [0.3, 0.4) is 0 Å². The number of carbonyl (C=O) groups excluding carboxylic acids is 1. The molecule has 0 radical (unpaired) electrons. The van der Waals surface area contributed by atoms with Crippen molar-refractivity contribution in [2.45, 2.75) is 18.7 Å². The number of aryl methyl sites for hydroxylation is 2. The lowest BCUT2D eigenvalue weighted by Gasteiger charge is -2.25. The minimum Gasteiger partial charge on any atom is -0.497 e. The number of nitrogens with one attached hydrogen (secondary N) is 1. The molecule has 0 bridgehead atoms. The van der Waals surface area contributed by atoms with Gasteiger partial charge in [-0.05, 0) is 61.4 Å². The molecule has 3 rings (SSSR count). The first-order valence-electron chi connectivity index (χ1n) is 9.92. The number of benzene rings is 3. The van der Waals surface area contributed by atoms with Gasteiger partial charge in [0, 0.05) is 6.07 Å². The Hall–Kier alpha value is -3.52. The highest BCUT2D eigenvalue weighted by Gasteiger charge is 2.27. The van der Waals surface area contributed by atoms with Crippen molar-refractivity contribution in [2.24, 2.45) is 0 Å². The Morgan fingerprint density at radius 3 is 2.16 bits per heavy atom. The fourth-order valence-corrected chi connectivity index (χ4v) is 4.79. The molecule has 0 fully saturated rings. The number of hydrogen-bond acceptors (Lipinski definition) is 5. The first-order valence-corrected chi connectivity index (χ1v) is 11.4. The van der Waals surface area contributed by atoms with Crippen LogP contribution in [0.2, 0.25) is 0 Å². The molecule has 0 aliphatic heterocycles. The molecular formula is C24H26N2O5S. The molecule has 32 heavy (non-hydrogen) atoms. The van der Waals surface area contributed by atoms with Gasteiger partial charge in [0.2, 0.25) is 5.91 Å². The second-order valence-corrected chi connectivity index (χ2v) is 9.15. The van der Waals surface area contributed by atoms with E-state index < -0.39 is 22.5 Å². The summed E-state index contributed by atoms with van der Waals surface area (Å²) in [5.74, 6) is 0.447. The van der Waals surface area contributed by atoms with Crippen LogP contribution in [-0.4, -0.2) is 35.1 Å². The molecule has 0 unspecified atom stereocenters. The Morgan fingerprint density at radius 1 is 0.906 bits per heavy atom. The van der Waals surface area contributed by atoms with Gasteiger partial charge in [0.25, 0.3) is 10.0 Å². The number of carbonyl (C=O) groups is 1. The monoisotopic (exact) mass is 454 g/mol. The van der Waals surface area contributed by atoms with E-state index in [1.165, 1.54) is 26.4 Å². The second kappa shape index (κ2) is 9.74. The van der Waals surface area contributed by atoms with E-state index in [4.69, 9.17) is 9.47 Å². The highest BCUT2D eigenvalue weighted by atomic mass is 32.2. The van der Waals surface area contributed by atoms with Gasteiger partial charge in [-0.15, -0.1) is 0 Å². The maximum absolute atomic E-state index is 13.5. The third-order valence-corrected chi connectivity index (χ3v) is 6.58. The van der Waals surface area contributed by atoms with E-state index in [0.717, 1.165) is 15.4 Å². The minimum absolute atomic E-state index is 0.103. The zero-order valence-electron chi connectivity index (χ0n) is 18.5. The molecule has 3 aromatic rings.